The Hall–Kier alpha value is -2.32. The second-order valence-electron chi connectivity index (χ2n) is 8.68. The standard InChI is InChI=1S/C25H31N3O3S/c1-20(2)19-31-24(21-7-4-3-5-8-21)18-27-13-15-28(16-14-27)32(29,30)25-10-6-9-22-17-26-12-11-23(22)25/h3-12,17,20,24H,13-16,18-19H2,1-2H3. The smallest absolute Gasteiger partial charge is 0.243 e. The van der Waals surface area contributed by atoms with Crippen LogP contribution in [0.1, 0.15) is 25.5 Å². The fourth-order valence-electron chi connectivity index (χ4n) is 4.07. The van der Waals surface area contributed by atoms with Gasteiger partial charge in [0.1, 0.15) is 0 Å². The highest BCUT2D eigenvalue weighted by atomic mass is 32.2. The van der Waals surface area contributed by atoms with Crippen LogP contribution in [0.2, 0.25) is 0 Å². The molecule has 1 aromatic heterocycles. The molecule has 2 aromatic carbocycles. The minimum Gasteiger partial charge on any atom is -0.372 e. The number of hydrogen-bond acceptors (Lipinski definition) is 5. The normalized spacial score (nSPS) is 17.1. The predicted molar refractivity (Wildman–Crippen MR) is 127 cm³/mol. The summed E-state index contributed by atoms with van der Waals surface area (Å²) >= 11 is 0. The Labute approximate surface area is 190 Å². The summed E-state index contributed by atoms with van der Waals surface area (Å²) in [6, 6.07) is 17.4. The van der Waals surface area contributed by atoms with E-state index in [1.165, 1.54) is 0 Å². The maximum absolute atomic E-state index is 13.4. The van der Waals surface area contributed by atoms with Crippen LogP contribution < -0.4 is 0 Å². The van der Waals surface area contributed by atoms with Gasteiger partial charge in [0, 0.05) is 62.5 Å². The second-order valence-corrected chi connectivity index (χ2v) is 10.6. The number of rotatable bonds is 8. The molecule has 1 atom stereocenters. The number of ether oxygens (including phenoxy) is 1. The van der Waals surface area contributed by atoms with E-state index in [-0.39, 0.29) is 6.10 Å². The Morgan fingerprint density at radius 1 is 0.969 bits per heavy atom. The Morgan fingerprint density at radius 3 is 2.44 bits per heavy atom. The molecular formula is C25H31N3O3S. The van der Waals surface area contributed by atoms with Gasteiger partial charge in [0.15, 0.2) is 0 Å². The fraction of sp³-hybridized carbons (Fsp3) is 0.400. The molecule has 1 unspecified atom stereocenters. The average molecular weight is 454 g/mol. The van der Waals surface area contributed by atoms with E-state index in [0.717, 1.165) is 22.9 Å². The van der Waals surface area contributed by atoms with Crippen molar-refractivity contribution >= 4 is 20.8 Å². The molecule has 1 aliphatic heterocycles. The Kier molecular flexibility index (Phi) is 7.20. The van der Waals surface area contributed by atoms with E-state index < -0.39 is 10.0 Å². The molecule has 0 amide bonds. The van der Waals surface area contributed by atoms with Crippen molar-refractivity contribution in [1.29, 1.82) is 0 Å². The number of sulfonamides is 1. The molecule has 0 N–H and O–H groups in total. The third kappa shape index (κ3) is 5.18. The Morgan fingerprint density at radius 2 is 1.72 bits per heavy atom. The average Bonchev–Trinajstić information content (AvgIpc) is 2.82. The van der Waals surface area contributed by atoms with Crippen molar-refractivity contribution in [2.45, 2.75) is 24.8 Å². The number of aromatic nitrogens is 1. The number of nitrogens with zero attached hydrogens (tertiary/aromatic N) is 3. The van der Waals surface area contributed by atoms with E-state index >= 15 is 0 Å². The first-order chi connectivity index (χ1) is 15.4. The minimum absolute atomic E-state index is 0.0210. The molecule has 1 fully saturated rings. The van der Waals surface area contributed by atoms with Gasteiger partial charge in [-0.15, -0.1) is 0 Å². The predicted octanol–water partition coefficient (Wildman–Crippen LogP) is 3.96. The first-order valence-corrected chi connectivity index (χ1v) is 12.6. The molecule has 0 bridgehead atoms. The van der Waals surface area contributed by atoms with Crippen molar-refractivity contribution in [3.63, 3.8) is 0 Å². The van der Waals surface area contributed by atoms with Crippen molar-refractivity contribution in [2.24, 2.45) is 5.92 Å². The van der Waals surface area contributed by atoms with Gasteiger partial charge in [0.05, 0.1) is 11.0 Å². The van der Waals surface area contributed by atoms with E-state index in [2.05, 4.69) is 35.9 Å². The van der Waals surface area contributed by atoms with E-state index in [4.69, 9.17) is 4.74 Å². The van der Waals surface area contributed by atoms with Gasteiger partial charge in [-0.2, -0.15) is 4.31 Å². The molecule has 3 aromatic rings. The highest BCUT2D eigenvalue weighted by Crippen LogP contribution is 2.27. The zero-order chi connectivity index (χ0) is 22.6. The first kappa shape index (κ1) is 22.9. The summed E-state index contributed by atoms with van der Waals surface area (Å²) in [6.45, 7) is 8.04. The summed E-state index contributed by atoms with van der Waals surface area (Å²) in [5.74, 6) is 0.457. The number of fused-ring (bicyclic) bond motifs is 1. The van der Waals surface area contributed by atoms with Gasteiger partial charge in [-0.25, -0.2) is 8.42 Å². The van der Waals surface area contributed by atoms with Gasteiger partial charge >= 0.3 is 0 Å². The topological polar surface area (TPSA) is 62.7 Å². The molecule has 32 heavy (non-hydrogen) atoms. The molecule has 4 rings (SSSR count). The van der Waals surface area contributed by atoms with Crippen LogP contribution in [-0.2, 0) is 14.8 Å². The highest BCUT2D eigenvalue weighted by Gasteiger charge is 2.30. The van der Waals surface area contributed by atoms with Crippen LogP contribution >= 0.6 is 0 Å². The SMILES string of the molecule is CC(C)COC(CN1CCN(S(=O)(=O)c2cccc3cnccc23)CC1)c1ccccc1. The molecule has 170 valence electrons. The molecule has 2 heterocycles. The van der Waals surface area contributed by atoms with Crippen LogP contribution in [-0.4, -0.2) is 61.9 Å². The monoisotopic (exact) mass is 453 g/mol. The van der Waals surface area contributed by atoms with E-state index in [0.29, 0.717) is 43.6 Å². The Balaban J connectivity index is 1.44. The highest BCUT2D eigenvalue weighted by molar-refractivity contribution is 7.89. The second kappa shape index (κ2) is 10.1. The molecule has 0 radical (unpaired) electrons. The summed E-state index contributed by atoms with van der Waals surface area (Å²) < 4.78 is 34.6. The summed E-state index contributed by atoms with van der Waals surface area (Å²) in [4.78, 5) is 6.77. The molecule has 0 spiro atoms. The maximum atomic E-state index is 13.4. The molecule has 0 aliphatic carbocycles. The van der Waals surface area contributed by atoms with E-state index in [1.54, 1.807) is 34.9 Å². The Bertz CT molecular complexity index is 1120. The van der Waals surface area contributed by atoms with Crippen LogP contribution in [0.25, 0.3) is 10.8 Å². The first-order valence-electron chi connectivity index (χ1n) is 11.2. The lowest BCUT2D eigenvalue weighted by Crippen LogP contribution is -2.49. The van der Waals surface area contributed by atoms with Crippen molar-refractivity contribution in [3.8, 4) is 0 Å². The van der Waals surface area contributed by atoms with Crippen molar-refractivity contribution < 1.29 is 13.2 Å². The summed E-state index contributed by atoms with van der Waals surface area (Å²) in [7, 11) is -3.57. The number of piperazine rings is 1. The van der Waals surface area contributed by atoms with Crippen LogP contribution in [0.15, 0.2) is 71.9 Å². The molecule has 0 saturated carbocycles. The van der Waals surface area contributed by atoms with Crippen molar-refractivity contribution in [1.82, 2.24) is 14.2 Å². The van der Waals surface area contributed by atoms with E-state index in [9.17, 15) is 8.42 Å². The zero-order valence-electron chi connectivity index (χ0n) is 18.7. The molecule has 1 saturated heterocycles. The van der Waals surface area contributed by atoms with Crippen molar-refractivity contribution in [3.05, 3.63) is 72.6 Å². The summed E-state index contributed by atoms with van der Waals surface area (Å²) in [6.07, 6.45) is 3.32. The minimum atomic E-state index is -3.57. The summed E-state index contributed by atoms with van der Waals surface area (Å²) in [5.41, 5.74) is 1.16. The largest absolute Gasteiger partial charge is 0.372 e. The van der Waals surface area contributed by atoms with Gasteiger partial charge in [0.25, 0.3) is 0 Å². The van der Waals surface area contributed by atoms with Crippen LogP contribution in [0.4, 0.5) is 0 Å². The number of hydrogen-bond donors (Lipinski definition) is 0. The van der Waals surface area contributed by atoms with Gasteiger partial charge in [-0.3, -0.25) is 9.88 Å². The quantitative estimate of drug-likeness (QED) is 0.517. The van der Waals surface area contributed by atoms with Crippen LogP contribution in [0.5, 0.6) is 0 Å². The van der Waals surface area contributed by atoms with Gasteiger partial charge < -0.3 is 4.74 Å². The van der Waals surface area contributed by atoms with Crippen molar-refractivity contribution in [2.75, 3.05) is 39.3 Å². The van der Waals surface area contributed by atoms with Gasteiger partial charge in [-0.05, 0) is 23.6 Å². The lowest BCUT2D eigenvalue weighted by molar-refractivity contribution is 0.00530. The van der Waals surface area contributed by atoms with Crippen LogP contribution in [0.3, 0.4) is 0 Å². The lowest BCUT2D eigenvalue weighted by atomic mass is 10.1. The maximum Gasteiger partial charge on any atom is 0.243 e. The zero-order valence-corrected chi connectivity index (χ0v) is 19.5. The van der Waals surface area contributed by atoms with Crippen LogP contribution in [0, 0.1) is 5.92 Å². The number of benzene rings is 2. The fourth-order valence-corrected chi connectivity index (χ4v) is 5.71. The molecular weight excluding hydrogens is 422 g/mol. The van der Waals surface area contributed by atoms with E-state index in [1.807, 2.05) is 24.3 Å². The van der Waals surface area contributed by atoms with Gasteiger partial charge in [-0.1, -0.05) is 56.3 Å². The third-order valence-corrected chi connectivity index (χ3v) is 7.77. The third-order valence-electron chi connectivity index (χ3n) is 5.82. The number of pyridine rings is 1. The molecule has 7 heteroatoms. The lowest BCUT2D eigenvalue weighted by Gasteiger charge is -2.36. The molecule has 1 aliphatic rings. The summed E-state index contributed by atoms with van der Waals surface area (Å²) in [5, 5.41) is 1.55. The van der Waals surface area contributed by atoms with Gasteiger partial charge in [0.2, 0.25) is 10.0 Å². The molecule has 6 nitrogen and oxygen atoms in total.